The van der Waals surface area contributed by atoms with Gasteiger partial charge in [-0.15, -0.1) is 0 Å². The molecular weight excluding hydrogens is 404 g/mol. The van der Waals surface area contributed by atoms with Crippen molar-refractivity contribution in [2.45, 2.75) is 35.5 Å². The van der Waals surface area contributed by atoms with E-state index in [4.69, 9.17) is 4.74 Å². The number of carbonyl (C=O) groups is 2. The zero-order valence-electron chi connectivity index (χ0n) is 16.5. The number of hydrogen-bond donors (Lipinski definition) is 1. The summed E-state index contributed by atoms with van der Waals surface area (Å²) in [4.78, 5) is 27.0. The minimum absolute atomic E-state index is 0.0103. The van der Waals surface area contributed by atoms with Crippen molar-refractivity contribution in [3.63, 3.8) is 0 Å². The molecule has 30 heavy (non-hydrogen) atoms. The molecule has 8 heteroatoms. The summed E-state index contributed by atoms with van der Waals surface area (Å²) in [5.74, 6) is -0.742. The van der Waals surface area contributed by atoms with E-state index in [0.29, 0.717) is 18.7 Å². The second kappa shape index (κ2) is 8.57. The molecule has 0 saturated carbocycles. The number of nitrogens with zero attached hydrogens (tertiary/aromatic N) is 1. The van der Waals surface area contributed by atoms with Crippen LogP contribution in [0.15, 0.2) is 59.5 Å². The van der Waals surface area contributed by atoms with Crippen LogP contribution in [0.2, 0.25) is 0 Å². The fourth-order valence-corrected chi connectivity index (χ4v) is 5.88. The maximum Gasteiger partial charge on any atom is 0.240 e. The number of hydrogen-bond acceptors (Lipinski definition) is 5. The Morgan fingerprint density at radius 3 is 2.57 bits per heavy atom. The maximum atomic E-state index is 13.4. The van der Waals surface area contributed by atoms with Gasteiger partial charge in [0.25, 0.3) is 0 Å². The fraction of sp³-hybridized carbons (Fsp3) is 0.364. The molecule has 0 spiro atoms. The van der Waals surface area contributed by atoms with Crippen molar-refractivity contribution in [3.8, 4) is 0 Å². The second-order valence-corrected chi connectivity index (χ2v) is 9.63. The molecule has 0 radical (unpaired) electrons. The van der Waals surface area contributed by atoms with Gasteiger partial charge in [-0.2, -0.15) is 0 Å². The molecule has 1 N–H and O–H groups in total. The summed E-state index contributed by atoms with van der Waals surface area (Å²) in [6, 6.07) is 15.1. The van der Waals surface area contributed by atoms with Crippen molar-refractivity contribution in [1.82, 2.24) is 5.32 Å². The molecule has 2 aromatic rings. The largest absolute Gasteiger partial charge is 0.376 e. The topological polar surface area (TPSA) is 92.8 Å². The molecule has 0 aromatic heterocycles. The van der Waals surface area contributed by atoms with E-state index in [0.717, 1.165) is 12.8 Å². The summed E-state index contributed by atoms with van der Waals surface area (Å²) in [5.41, 5.74) is 0.804. The molecule has 4 rings (SSSR count). The van der Waals surface area contributed by atoms with Gasteiger partial charge in [0, 0.05) is 19.6 Å². The Morgan fingerprint density at radius 1 is 1.10 bits per heavy atom. The van der Waals surface area contributed by atoms with Gasteiger partial charge in [0.1, 0.15) is 6.54 Å². The molecule has 0 bridgehead atoms. The molecule has 2 unspecified atom stereocenters. The monoisotopic (exact) mass is 428 g/mol. The van der Waals surface area contributed by atoms with Gasteiger partial charge in [0.05, 0.1) is 21.9 Å². The first-order chi connectivity index (χ1) is 14.5. The molecular formula is C22H24N2O5S. The quantitative estimate of drug-likeness (QED) is 0.788. The number of ether oxygens (including phenoxy) is 1. The Hall–Kier alpha value is -2.71. The van der Waals surface area contributed by atoms with Gasteiger partial charge in [-0.05, 0) is 30.5 Å². The lowest BCUT2D eigenvalue weighted by molar-refractivity contribution is -0.124. The first-order valence-corrected chi connectivity index (χ1v) is 11.6. The summed E-state index contributed by atoms with van der Waals surface area (Å²) >= 11 is 0. The predicted molar refractivity (Wildman–Crippen MR) is 112 cm³/mol. The van der Waals surface area contributed by atoms with Crippen molar-refractivity contribution in [1.29, 1.82) is 0 Å². The average molecular weight is 429 g/mol. The molecule has 1 fully saturated rings. The van der Waals surface area contributed by atoms with Gasteiger partial charge < -0.3 is 15.0 Å². The summed E-state index contributed by atoms with van der Waals surface area (Å²) in [6.07, 6.45) is 1.63. The van der Waals surface area contributed by atoms with Crippen molar-refractivity contribution >= 4 is 27.3 Å². The standard InChI is InChI=1S/C22H24N2O5S/c25-21(23-14-17-9-6-12-29-17)15-24-18-10-4-5-11-19(18)30(27,28)20(13-22(24)26)16-7-2-1-3-8-16/h1-5,7-8,10-11,17,20H,6,9,12-15H2,(H,23,25). The van der Waals surface area contributed by atoms with Crippen LogP contribution in [0, 0.1) is 0 Å². The summed E-state index contributed by atoms with van der Waals surface area (Å²) < 4.78 is 32.3. The lowest BCUT2D eigenvalue weighted by Gasteiger charge is -2.22. The van der Waals surface area contributed by atoms with Crippen LogP contribution in [0.25, 0.3) is 0 Å². The SMILES string of the molecule is O=C(CN1C(=O)CC(c2ccccc2)S(=O)(=O)c2ccccc21)NCC1CCCO1. The van der Waals surface area contributed by atoms with E-state index in [-0.39, 0.29) is 35.6 Å². The van der Waals surface area contributed by atoms with E-state index in [2.05, 4.69) is 5.32 Å². The number of amides is 2. The van der Waals surface area contributed by atoms with Crippen LogP contribution < -0.4 is 10.2 Å². The molecule has 2 atom stereocenters. The van der Waals surface area contributed by atoms with Crippen LogP contribution in [0.3, 0.4) is 0 Å². The van der Waals surface area contributed by atoms with E-state index in [1.807, 2.05) is 0 Å². The Kier molecular flexibility index (Phi) is 5.87. The van der Waals surface area contributed by atoms with Crippen molar-refractivity contribution in [2.75, 3.05) is 24.6 Å². The Morgan fingerprint density at radius 2 is 1.83 bits per heavy atom. The minimum Gasteiger partial charge on any atom is -0.376 e. The first kappa shape index (κ1) is 20.6. The fourth-order valence-electron chi connectivity index (χ4n) is 3.96. The molecule has 7 nitrogen and oxygen atoms in total. The summed E-state index contributed by atoms with van der Waals surface area (Å²) in [5, 5.41) is 1.81. The van der Waals surface area contributed by atoms with Crippen LogP contribution in [-0.4, -0.2) is 46.0 Å². The lowest BCUT2D eigenvalue weighted by Crippen LogP contribution is -2.42. The van der Waals surface area contributed by atoms with Gasteiger partial charge in [0.2, 0.25) is 11.8 Å². The lowest BCUT2D eigenvalue weighted by atomic mass is 10.1. The number of para-hydroxylation sites is 1. The van der Waals surface area contributed by atoms with Crippen LogP contribution in [0.4, 0.5) is 5.69 Å². The second-order valence-electron chi connectivity index (χ2n) is 7.54. The molecule has 2 aromatic carbocycles. The van der Waals surface area contributed by atoms with E-state index >= 15 is 0 Å². The van der Waals surface area contributed by atoms with E-state index in [1.165, 1.54) is 11.0 Å². The van der Waals surface area contributed by atoms with Crippen molar-refractivity contribution < 1.29 is 22.7 Å². The molecule has 0 aliphatic carbocycles. The van der Waals surface area contributed by atoms with Crippen LogP contribution in [-0.2, 0) is 24.2 Å². The third-order valence-corrected chi connectivity index (χ3v) is 7.67. The van der Waals surface area contributed by atoms with Crippen LogP contribution >= 0.6 is 0 Å². The van der Waals surface area contributed by atoms with E-state index < -0.39 is 21.0 Å². The molecule has 1 saturated heterocycles. The third kappa shape index (κ3) is 4.11. The predicted octanol–water partition coefficient (Wildman–Crippen LogP) is 2.23. The molecule has 158 valence electrons. The van der Waals surface area contributed by atoms with Gasteiger partial charge in [-0.1, -0.05) is 42.5 Å². The Balaban J connectivity index is 1.62. The van der Waals surface area contributed by atoms with Crippen molar-refractivity contribution in [3.05, 3.63) is 60.2 Å². The van der Waals surface area contributed by atoms with Gasteiger partial charge in [0.15, 0.2) is 9.84 Å². The molecule has 2 heterocycles. The number of anilines is 1. The van der Waals surface area contributed by atoms with E-state index in [1.54, 1.807) is 48.5 Å². The number of carbonyl (C=O) groups excluding carboxylic acids is 2. The summed E-state index contributed by atoms with van der Waals surface area (Å²) in [6.45, 7) is 0.838. The Labute approximate surface area is 175 Å². The number of rotatable bonds is 5. The smallest absolute Gasteiger partial charge is 0.240 e. The zero-order valence-corrected chi connectivity index (χ0v) is 17.3. The van der Waals surface area contributed by atoms with Gasteiger partial charge >= 0.3 is 0 Å². The molecule has 2 amide bonds. The van der Waals surface area contributed by atoms with Crippen LogP contribution in [0.5, 0.6) is 0 Å². The zero-order chi connectivity index (χ0) is 21.1. The number of benzene rings is 2. The van der Waals surface area contributed by atoms with Crippen molar-refractivity contribution in [2.24, 2.45) is 0 Å². The Bertz CT molecular complexity index is 1030. The van der Waals surface area contributed by atoms with Gasteiger partial charge in [-0.25, -0.2) is 8.42 Å². The number of nitrogens with one attached hydrogen (secondary N) is 1. The summed E-state index contributed by atoms with van der Waals surface area (Å²) in [7, 11) is -3.81. The third-order valence-electron chi connectivity index (χ3n) is 5.52. The molecule has 2 aliphatic rings. The maximum absolute atomic E-state index is 13.4. The normalized spacial score (nSPS) is 22.9. The highest BCUT2D eigenvalue weighted by Gasteiger charge is 2.39. The average Bonchev–Trinajstić information content (AvgIpc) is 3.26. The van der Waals surface area contributed by atoms with Gasteiger partial charge in [-0.3, -0.25) is 9.59 Å². The number of sulfone groups is 1. The van der Waals surface area contributed by atoms with E-state index in [9.17, 15) is 18.0 Å². The highest BCUT2D eigenvalue weighted by molar-refractivity contribution is 7.92. The van der Waals surface area contributed by atoms with Crippen LogP contribution in [0.1, 0.15) is 30.1 Å². The molecule has 2 aliphatic heterocycles. The highest BCUT2D eigenvalue weighted by Crippen LogP contribution is 2.40. The first-order valence-electron chi connectivity index (χ1n) is 10.0. The number of fused-ring (bicyclic) bond motifs is 1. The minimum atomic E-state index is -3.81. The highest BCUT2D eigenvalue weighted by atomic mass is 32.2.